The van der Waals surface area contributed by atoms with E-state index in [-0.39, 0.29) is 18.6 Å². The van der Waals surface area contributed by atoms with E-state index >= 15 is 0 Å². The summed E-state index contributed by atoms with van der Waals surface area (Å²) < 4.78 is 11.0. The number of ether oxygens (including phenoxy) is 2. The lowest BCUT2D eigenvalue weighted by atomic mass is 10.1. The first kappa shape index (κ1) is 15.0. The highest BCUT2D eigenvalue weighted by Gasteiger charge is 2.07. The third kappa shape index (κ3) is 5.06. The predicted molar refractivity (Wildman–Crippen MR) is 73.6 cm³/mol. The van der Waals surface area contributed by atoms with Crippen molar-refractivity contribution in [2.45, 2.75) is 26.3 Å². The molecule has 1 unspecified atom stereocenters. The maximum atomic E-state index is 11.2. The molecule has 1 aromatic rings. The first-order valence-electron chi connectivity index (χ1n) is 5.85. The zero-order chi connectivity index (χ0) is 13.5. The molecule has 1 aromatic carbocycles. The number of carbonyl (C=O) groups is 1. The molecule has 0 amide bonds. The van der Waals surface area contributed by atoms with Gasteiger partial charge in [-0.15, -0.1) is 0 Å². The van der Waals surface area contributed by atoms with Crippen molar-refractivity contribution in [1.82, 2.24) is 0 Å². The highest BCUT2D eigenvalue weighted by Crippen LogP contribution is 2.26. The maximum absolute atomic E-state index is 11.2. The van der Waals surface area contributed by atoms with Crippen molar-refractivity contribution >= 4 is 21.9 Å². The van der Waals surface area contributed by atoms with E-state index in [1.54, 1.807) is 6.92 Å². The summed E-state index contributed by atoms with van der Waals surface area (Å²) in [5.74, 6) is 0.250. The molecule has 0 aromatic heterocycles. The van der Waals surface area contributed by atoms with Gasteiger partial charge in [0.15, 0.2) is 6.61 Å². The zero-order valence-electron chi connectivity index (χ0n) is 10.6. The van der Waals surface area contributed by atoms with Crippen LogP contribution in [0, 0.1) is 0 Å². The Morgan fingerprint density at radius 2 is 2.22 bits per heavy atom. The number of esters is 1. The Labute approximate surface area is 116 Å². The Morgan fingerprint density at radius 1 is 1.50 bits per heavy atom. The van der Waals surface area contributed by atoms with Crippen LogP contribution in [0.2, 0.25) is 0 Å². The van der Waals surface area contributed by atoms with E-state index in [1.807, 2.05) is 25.1 Å². The van der Waals surface area contributed by atoms with Gasteiger partial charge < -0.3 is 15.2 Å². The monoisotopic (exact) mass is 315 g/mol. The highest BCUT2D eigenvalue weighted by atomic mass is 79.9. The molecule has 0 radical (unpaired) electrons. The molecule has 0 spiro atoms. The first-order chi connectivity index (χ1) is 8.52. The van der Waals surface area contributed by atoms with Crippen molar-refractivity contribution in [3.05, 3.63) is 28.2 Å². The fraction of sp³-hybridized carbons (Fsp3) is 0.462. The van der Waals surface area contributed by atoms with E-state index in [0.29, 0.717) is 12.4 Å². The normalized spacial score (nSPS) is 12.0. The van der Waals surface area contributed by atoms with Crippen LogP contribution in [0.5, 0.6) is 5.75 Å². The lowest BCUT2D eigenvalue weighted by Crippen LogP contribution is -2.18. The molecule has 0 heterocycles. The summed E-state index contributed by atoms with van der Waals surface area (Å²) in [4.78, 5) is 11.2. The number of carbonyl (C=O) groups excluding carboxylic acids is 1. The van der Waals surface area contributed by atoms with Crippen LogP contribution in [0.25, 0.3) is 0 Å². The standard InChI is InChI=1S/C13H18BrNO3/c1-3-17-13(16)8-18-12-5-4-10(6-9(2)15)7-11(12)14/h4-5,7,9H,3,6,8,15H2,1-2H3. The summed E-state index contributed by atoms with van der Waals surface area (Å²) in [6.45, 7) is 3.99. The van der Waals surface area contributed by atoms with Crippen molar-refractivity contribution in [3.8, 4) is 5.75 Å². The second-order valence-electron chi connectivity index (χ2n) is 4.04. The lowest BCUT2D eigenvalue weighted by Gasteiger charge is -2.10. The van der Waals surface area contributed by atoms with Gasteiger partial charge in [0.2, 0.25) is 0 Å². The predicted octanol–water partition coefficient (Wildman–Crippen LogP) is 2.28. The molecule has 0 saturated carbocycles. The van der Waals surface area contributed by atoms with Crippen molar-refractivity contribution in [2.75, 3.05) is 13.2 Å². The van der Waals surface area contributed by atoms with Gasteiger partial charge in [-0.1, -0.05) is 6.07 Å². The van der Waals surface area contributed by atoms with Crippen LogP contribution < -0.4 is 10.5 Å². The summed E-state index contributed by atoms with van der Waals surface area (Å²) in [5.41, 5.74) is 6.86. The summed E-state index contributed by atoms with van der Waals surface area (Å²) in [6.07, 6.45) is 0.802. The molecule has 0 saturated heterocycles. The minimum absolute atomic E-state index is 0.0842. The number of rotatable bonds is 6. The Bertz CT molecular complexity index is 407. The molecule has 1 atom stereocenters. The minimum Gasteiger partial charge on any atom is -0.481 e. The molecule has 1 rings (SSSR count). The van der Waals surface area contributed by atoms with Crippen LogP contribution in [0.15, 0.2) is 22.7 Å². The van der Waals surface area contributed by atoms with Crippen LogP contribution in [-0.4, -0.2) is 25.2 Å². The van der Waals surface area contributed by atoms with Gasteiger partial charge in [0.25, 0.3) is 0 Å². The molecule has 18 heavy (non-hydrogen) atoms. The molecule has 5 heteroatoms. The molecular weight excluding hydrogens is 298 g/mol. The Morgan fingerprint density at radius 3 is 2.78 bits per heavy atom. The van der Waals surface area contributed by atoms with Crippen LogP contribution in [0.1, 0.15) is 19.4 Å². The SMILES string of the molecule is CCOC(=O)COc1ccc(CC(C)N)cc1Br. The fourth-order valence-electron chi connectivity index (χ4n) is 1.50. The molecule has 0 aliphatic heterocycles. The fourth-order valence-corrected chi connectivity index (χ4v) is 2.04. The average Bonchev–Trinajstić information content (AvgIpc) is 2.27. The van der Waals surface area contributed by atoms with E-state index in [0.717, 1.165) is 16.5 Å². The summed E-state index contributed by atoms with van der Waals surface area (Å²) in [6, 6.07) is 5.82. The smallest absolute Gasteiger partial charge is 0.344 e. The molecule has 2 N–H and O–H groups in total. The van der Waals surface area contributed by atoms with Crippen LogP contribution >= 0.6 is 15.9 Å². The summed E-state index contributed by atoms with van der Waals surface area (Å²) in [5, 5.41) is 0. The number of halogens is 1. The number of benzene rings is 1. The second-order valence-corrected chi connectivity index (χ2v) is 4.89. The molecule has 4 nitrogen and oxygen atoms in total. The van der Waals surface area contributed by atoms with Crippen molar-refractivity contribution in [3.63, 3.8) is 0 Å². The highest BCUT2D eigenvalue weighted by molar-refractivity contribution is 9.10. The van der Waals surface area contributed by atoms with Gasteiger partial charge in [-0.05, 0) is 53.9 Å². The second kappa shape index (κ2) is 7.38. The van der Waals surface area contributed by atoms with Gasteiger partial charge in [-0.2, -0.15) is 0 Å². The molecule has 0 fully saturated rings. The molecule has 100 valence electrons. The zero-order valence-corrected chi connectivity index (χ0v) is 12.2. The molecule has 0 aliphatic rings. The van der Waals surface area contributed by atoms with E-state index in [2.05, 4.69) is 15.9 Å². The number of hydrogen-bond donors (Lipinski definition) is 1. The topological polar surface area (TPSA) is 61.5 Å². The van der Waals surface area contributed by atoms with Gasteiger partial charge in [0.1, 0.15) is 5.75 Å². The Balaban J connectivity index is 2.59. The number of hydrogen-bond acceptors (Lipinski definition) is 4. The maximum Gasteiger partial charge on any atom is 0.344 e. The van der Waals surface area contributed by atoms with E-state index in [4.69, 9.17) is 15.2 Å². The van der Waals surface area contributed by atoms with E-state index in [9.17, 15) is 4.79 Å². The van der Waals surface area contributed by atoms with Crippen LogP contribution in [0.4, 0.5) is 0 Å². The van der Waals surface area contributed by atoms with Crippen molar-refractivity contribution in [1.29, 1.82) is 0 Å². The molecular formula is C13H18BrNO3. The van der Waals surface area contributed by atoms with E-state index < -0.39 is 0 Å². The van der Waals surface area contributed by atoms with Crippen LogP contribution in [0.3, 0.4) is 0 Å². The minimum atomic E-state index is -0.371. The Kier molecular flexibility index (Phi) is 6.15. The average molecular weight is 316 g/mol. The third-order valence-electron chi connectivity index (χ3n) is 2.20. The van der Waals surface area contributed by atoms with Crippen molar-refractivity contribution < 1.29 is 14.3 Å². The largest absolute Gasteiger partial charge is 0.481 e. The Hall–Kier alpha value is -1.07. The van der Waals surface area contributed by atoms with E-state index in [1.165, 1.54) is 0 Å². The van der Waals surface area contributed by atoms with Crippen LogP contribution in [-0.2, 0) is 16.0 Å². The summed E-state index contributed by atoms with van der Waals surface area (Å²) >= 11 is 3.41. The third-order valence-corrected chi connectivity index (χ3v) is 2.82. The van der Waals surface area contributed by atoms with Gasteiger partial charge >= 0.3 is 5.97 Å². The quantitative estimate of drug-likeness (QED) is 0.818. The van der Waals surface area contributed by atoms with Crippen molar-refractivity contribution in [2.24, 2.45) is 5.73 Å². The van der Waals surface area contributed by atoms with Gasteiger partial charge in [-0.3, -0.25) is 0 Å². The lowest BCUT2D eigenvalue weighted by molar-refractivity contribution is -0.145. The molecule has 0 bridgehead atoms. The van der Waals surface area contributed by atoms with Gasteiger partial charge in [-0.25, -0.2) is 4.79 Å². The number of nitrogens with two attached hydrogens (primary N) is 1. The molecule has 0 aliphatic carbocycles. The van der Waals surface area contributed by atoms with Gasteiger partial charge in [0.05, 0.1) is 11.1 Å². The summed E-state index contributed by atoms with van der Waals surface area (Å²) in [7, 11) is 0. The van der Waals surface area contributed by atoms with Gasteiger partial charge in [0, 0.05) is 6.04 Å². The first-order valence-corrected chi connectivity index (χ1v) is 6.64.